The largest absolute Gasteiger partial charge is 0.339 e. The first-order valence-electron chi connectivity index (χ1n) is 8.24. The Kier molecular flexibility index (Phi) is 6.16. The van der Waals surface area contributed by atoms with Crippen LogP contribution in [0.5, 0.6) is 0 Å². The molecule has 1 saturated heterocycles. The van der Waals surface area contributed by atoms with Crippen molar-refractivity contribution in [2.24, 2.45) is 0 Å². The van der Waals surface area contributed by atoms with Gasteiger partial charge in [-0.2, -0.15) is 9.57 Å². The molecule has 0 unspecified atom stereocenters. The van der Waals surface area contributed by atoms with E-state index in [0.29, 0.717) is 25.2 Å². The van der Waals surface area contributed by atoms with Crippen LogP contribution in [0.1, 0.15) is 19.4 Å². The van der Waals surface area contributed by atoms with E-state index in [1.54, 1.807) is 4.90 Å². The van der Waals surface area contributed by atoms with Gasteiger partial charge in [-0.1, -0.05) is 0 Å². The normalized spacial score (nSPS) is 16.2. The molecule has 25 heavy (non-hydrogen) atoms. The summed E-state index contributed by atoms with van der Waals surface area (Å²) in [5.41, 5.74) is 0.420. The van der Waals surface area contributed by atoms with Crippen molar-refractivity contribution in [2.45, 2.75) is 24.8 Å². The lowest BCUT2D eigenvalue weighted by atomic mass is 10.2. The van der Waals surface area contributed by atoms with Gasteiger partial charge in [-0.25, -0.2) is 8.42 Å². The summed E-state index contributed by atoms with van der Waals surface area (Å²) in [7, 11) is -1.70. The Balaban J connectivity index is 1.98. The molecule has 1 aromatic rings. The van der Waals surface area contributed by atoms with Crippen LogP contribution in [-0.2, 0) is 14.8 Å². The fourth-order valence-corrected chi connectivity index (χ4v) is 3.95. The van der Waals surface area contributed by atoms with E-state index in [4.69, 9.17) is 5.26 Å². The zero-order valence-electron chi connectivity index (χ0n) is 14.8. The molecule has 1 aliphatic rings. The zero-order chi connectivity index (χ0) is 18.6. The van der Waals surface area contributed by atoms with Gasteiger partial charge in [0.15, 0.2) is 0 Å². The number of hydrogen-bond acceptors (Lipinski definition) is 5. The third kappa shape index (κ3) is 4.57. The number of likely N-dealkylation sites (N-methyl/N-ethyl adjacent to an activating group) is 1. The van der Waals surface area contributed by atoms with Gasteiger partial charge in [0.05, 0.1) is 23.1 Å². The molecule has 1 heterocycles. The van der Waals surface area contributed by atoms with Crippen LogP contribution < -0.4 is 0 Å². The number of piperazine rings is 1. The first kappa shape index (κ1) is 19.4. The summed E-state index contributed by atoms with van der Waals surface area (Å²) in [4.78, 5) is 16.1. The maximum Gasteiger partial charge on any atom is 0.243 e. The minimum Gasteiger partial charge on any atom is -0.339 e. The molecule has 0 aromatic heterocycles. The summed E-state index contributed by atoms with van der Waals surface area (Å²) in [5, 5.41) is 8.81. The summed E-state index contributed by atoms with van der Waals surface area (Å²) in [6.45, 7) is 5.71. The summed E-state index contributed by atoms with van der Waals surface area (Å²) >= 11 is 0. The molecule has 7 nitrogen and oxygen atoms in total. The molecule has 2 rings (SSSR count). The van der Waals surface area contributed by atoms with Crippen molar-refractivity contribution in [3.8, 4) is 6.07 Å². The number of carbonyl (C=O) groups is 1. The minimum absolute atomic E-state index is 0.0200. The Morgan fingerprint density at radius 2 is 1.76 bits per heavy atom. The van der Waals surface area contributed by atoms with Gasteiger partial charge in [0.2, 0.25) is 15.9 Å². The maximum absolute atomic E-state index is 12.7. The molecule has 1 amide bonds. The van der Waals surface area contributed by atoms with Gasteiger partial charge < -0.3 is 4.90 Å². The Labute approximate surface area is 149 Å². The number of nitrogens with zero attached hydrogens (tertiary/aromatic N) is 4. The van der Waals surface area contributed by atoms with Crippen molar-refractivity contribution in [1.82, 2.24) is 14.1 Å². The quantitative estimate of drug-likeness (QED) is 0.769. The highest BCUT2D eigenvalue weighted by Crippen LogP contribution is 2.18. The van der Waals surface area contributed by atoms with Crippen LogP contribution in [0, 0.1) is 11.3 Å². The molecule has 1 aromatic carbocycles. The van der Waals surface area contributed by atoms with Crippen LogP contribution in [0.4, 0.5) is 0 Å². The number of nitriles is 1. The first-order valence-corrected chi connectivity index (χ1v) is 9.68. The SMILES string of the molecule is CC(C)N(C)CC(=O)N1CCN(S(=O)(=O)c2ccc(C#N)cc2)CC1. The van der Waals surface area contributed by atoms with E-state index >= 15 is 0 Å². The van der Waals surface area contributed by atoms with E-state index in [-0.39, 0.29) is 29.9 Å². The van der Waals surface area contributed by atoms with E-state index < -0.39 is 10.0 Å². The topological polar surface area (TPSA) is 84.7 Å². The Bertz CT molecular complexity index is 745. The lowest BCUT2D eigenvalue weighted by molar-refractivity contribution is -0.133. The molecule has 0 aliphatic carbocycles. The van der Waals surface area contributed by atoms with Crippen molar-refractivity contribution in [2.75, 3.05) is 39.8 Å². The molecule has 0 radical (unpaired) electrons. The van der Waals surface area contributed by atoms with E-state index in [2.05, 4.69) is 0 Å². The van der Waals surface area contributed by atoms with Gasteiger partial charge in [0.25, 0.3) is 0 Å². The molecular formula is C17H24N4O3S. The number of amides is 1. The minimum atomic E-state index is -3.60. The highest BCUT2D eigenvalue weighted by molar-refractivity contribution is 7.89. The predicted molar refractivity (Wildman–Crippen MR) is 94.3 cm³/mol. The van der Waals surface area contributed by atoms with Gasteiger partial charge in [-0.15, -0.1) is 0 Å². The molecule has 1 aliphatic heterocycles. The first-order chi connectivity index (χ1) is 11.8. The summed E-state index contributed by atoms with van der Waals surface area (Å²) in [6.07, 6.45) is 0. The number of rotatable bonds is 5. The van der Waals surface area contributed by atoms with Crippen molar-refractivity contribution >= 4 is 15.9 Å². The van der Waals surface area contributed by atoms with Crippen molar-refractivity contribution in [1.29, 1.82) is 5.26 Å². The number of hydrogen-bond donors (Lipinski definition) is 0. The smallest absolute Gasteiger partial charge is 0.243 e. The molecule has 136 valence electrons. The lowest BCUT2D eigenvalue weighted by Crippen LogP contribution is -2.52. The van der Waals surface area contributed by atoms with Gasteiger partial charge in [0, 0.05) is 32.2 Å². The summed E-state index contributed by atoms with van der Waals surface area (Å²) < 4.78 is 26.7. The van der Waals surface area contributed by atoms with Crippen molar-refractivity contribution in [3.05, 3.63) is 29.8 Å². The summed E-state index contributed by atoms with van der Waals surface area (Å²) in [6, 6.07) is 8.13. The second-order valence-corrected chi connectivity index (χ2v) is 8.37. The molecular weight excluding hydrogens is 340 g/mol. The van der Waals surface area contributed by atoms with Crippen molar-refractivity contribution < 1.29 is 13.2 Å². The van der Waals surface area contributed by atoms with Crippen LogP contribution in [0.25, 0.3) is 0 Å². The number of benzene rings is 1. The van der Waals surface area contributed by atoms with E-state index in [0.717, 1.165) is 0 Å². The lowest BCUT2D eigenvalue weighted by Gasteiger charge is -2.35. The third-order valence-electron chi connectivity index (χ3n) is 4.48. The van der Waals surface area contributed by atoms with Gasteiger partial charge in [0.1, 0.15) is 0 Å². The van der Waals surface area contributed by atoms with Gasteiger partial charge in [-0.3, -0.25) is 9.69 Å². The number of carbonyl (C=O) groups excluding carboxylic acids is 1. The molecule has 0 N–H and O–H groups in total. The Hall–Kier alpha value is -1.95. The molecule has 0 bridgehead atoms. The molecule has 0 spiro atoms. The fourth-order valence-electron chi connectivity index (χ4n) is 2.52. The van der Waals surface area contributed by atoms with Crippen LogP contribution in [-0.4, -0.2) is 74.2 Å². The Morgan fingerprint density at radius 3 is 2.24 bits per heavy atom. The average molecular weight is 364 g/mol. The standard InChI is InChI=1S/C17H24N4O3S/c1-14(2)19(3)13-17(22)20-8-10-21(11-9-20)25(23,24)16-6-4-15(12-18)5-7-16/h4-7,14H,8-11,13H2,1-3H3. The summed E-state index contributed by atoms with van der Waals surface area (Å²) in [5.74, 6) is 0.0200. The molecule has 0 saturated carbocycles. The monoisotopic (exact) mass is 364 g/mol. The van der Waals surface area contributed by atoms with Crippen LogP contribution >= 0.6 is 0 Å². The second kappa shape index (κ2) is 7.95. The fraction of sp³-hybridized carbons (Fsp3) is 0.529. The van der Waals surface area contributed by atoms with Crippen molar-refractivity contribution in [3.63, 3.8) is 0 Å². The van der Waals surface area contributed by atoms with E-state index in [1.165, 1.54) is 28.6 Å². The average Bonchev–Trinajstić information content (AvgIpc) is 2.61. The predicted octanol–water partition coefficient (Wildman–Crippen LogP) is 0.731. The van der Waals surface area contributed by atoms with Crippen LogP contribution in [0.15, 0.2) is 29.2 Å². The van der Waals surface area contributed by atoms with Gasteiger partial charge in [-0.05, 0) is 45.2 Å². The highest BCUT2D eigenvalue weighted by atomic mass is 32.2. The highest BCUT2D eigenvalue weighted by Gasteiger charge is 2.30. The van der Waals surface area contributed by atoms with Crippen LogP contribution in [0.3, 0.4) is 0 Å². The van der Waals surface area contributed by atoms with Crippen LogP contribution in [0.2, 0.25) is 0 Å². The zero-order valence-corrected chi connectivity index (χ0v) is 15.7. The molecule has 0 atom stereocenters. The van der Waals surface area contributed by atoms with E-state index in [1.807, 2.05) is 31.9 Å². The second-order valence-electron chi connectivity index (χ2n) is 6.43. The van der Waals surface area contributed by atoms with E-state index in [9.17, 15) is 13.2 Å². The molecule has 8 heteroatoms. The Morgan fingerprint density at radius 1 is 1.20 bits per heavy atom. The van der Waals surface area contributed by atoms with Gasteiger partial charge >= 0.3 is 0 Å². The molecule has 1 fully saturated rings. The maximum atomic E-state index is 12.7. The number of sulfonamides is 1. The third-order valence-corrected chi connectivity index (χ3v) is 6.39.